The number of alkyl halides is 3. The zero-order chi connectivity index (χ0) is 15.6. The number of rotatable bonds is 3. The number of nitrogens with two attached hydrogens (primary N) is 1. The number of anilines is 1. The summed E-state index contributed by atoms with van der Waals surface area (Å²) < 4.78 is 64.4. The van der Waals surface area contributed by atoms with E-state index in [2.05, 4.69) is 9.97 Å². The molecule has 0 radical (unpaired) electrons. The first kappa shape index (κ1) is 15.4. The molecule has 0 saturated carbocycles. The third kappa shape index (κ3) is 3.79. The van der Waals surface area contributed by atoms with E-state index in [1.165, 1.54) is 0 Å². The molecule has 2 rings (SSSR count). The zero-order valence-corrected chi connectivity index (χ0v) is 10.9. The largest absolute Gasteiger partial charge is 0.451 e. The van der Waals surface area contributed by atoms with Crippen LogP contribution >= 0.6 is 11.8 Å². The molecule has 0 amide bonds. The van der Waals surface area contributed by atoms with Crippen molar-refractivity contribution in [3.8, 4) is 0 Å². The number of nitrogen functional groups attached to an aromatic ring is 1. The van der Waals surface area contributed by atoms with E-state index < -0.39 is 23.6 Å². The zero-order valence-electron chi connectivity index (χ0n) is 10.1. The summed E-state index contributed by atoms with van der Waals surface area (Å²) >= 11 is 0.527. The van der Waals surface area contributed by atoms with Crippen molar-refractivity contribution in [1.29, 1.82) is 0 Å². The van der Waals surface area contributed by atoms with Crippen LogP contribution in [-0.2, 0) is 6.18 Å². The van der Waals surface area contributed by atoms with Gasteiger partial charge in [-0.3, -0.25) is 0 Å². The van der Waals surface area contributed by atoms with Crippen LogP contribution in [0.2, 0.25) is 0 Å². The summed E-state index contributed by atoms with van der Waals surface area (Å²) in [4.78, 5) is 6.21. The molecule has 21 heavy (non-hydrogen) atoms. The van der Waals surface area contributed by atoms with Crippen LogP contribution < -0.4 is 11.3 Å². The summed E-state index contributed by atoms with van der Waals surface area (Å²) in [6.45, 7) is 0. The van der Waals surface area contributed by atoms with E-state index in [-0.39, 0.29) is 15.7 Å². The second-order valence-corrected chi connectivity index (χ2v) is 4.80. The Balaban J connectivity index is 2.42. The summed E-state index contributed by atoms with van der Waals surface area (Å²) in [5.41, 5.74) is 1.96. The Kier molecular flexibility index (Phi) is 4.28. The SMILES string of the molecule is NNc1cc(Sc2cc(F)ccc2F)nc(C(F)(F)F)n1. The second-order valence-electron chi connectivity index (χ2n) is 3.73. The van der Waals surface area contributed by atoms with Crippen molar-refractivity contribution in [3.05, 3.63) is 41.7 Å². The van der Waals surface area contributed by atoms with Crippen molar-refractivity contribution in [2.45, 2.75) is 16.1 Å². The normalized spacial score (nSPS) is 11.5. The monoisotopic (exact) mass is 322 g/mol. The molecule has 0 saturated heterocycles. The Hall–Kier alpha value is -1.94. The standard InChI is InChI=1S/C11H7F5N4S/c12-5-1-2-6(13)7(3-5)21-9-4-8(20-17)18-10(19-9)11(14,15)16/h1-4H,17H2,(H,18,19,20). The number of nitrogens with one attached hydrogen (secondary N) is 1. The maximum Gasteiger partial charge on any atom is 0.451 e. The van der Waals surface area contributed by atoms with Crippen LogP contribution in [0, 0.1) is 11.6 Å². The van der Waals surface area contributed by atoms with Crippen LogP contribution in [0.4, 0.5) is 27.8 Å². The predicted octanol–water partition coefficient (Wildman–Crippen LogP) is 3.21. The van der Waals surface area contributed by atoms with Crippen molar-refractivity contribution in [3.63, 3.8) is 0 Å². The highest BCUT2D eigenvalue weighted by Gasteiger charge is 2.35. The molecule has 0 spiro atoms. The summed E-state index contributed by atoms with van der Waals surface area (Å²) in [6, 6.07) is 3.70. The van der Waals surface area contributed by atoms with Gasteiger partial charge in [0.2, 0.25) is 5.82 Å². The highest BCUT2D eigenvalue weighted by Crippen LogP contribution is 2.33. The molecule has 112 valence electrons. The second kappa shape index (κ2) is 5.82. The van der Waals surface area contributed by atoms with E-state index in [1.807, 2.05) is 5.43 Å². The maximum atomic E-state index is 13.5. The van der Waals surface area contributed by atoms with Crippen molar-refractivity contribution in [2.75, 3.05) is 5.43 Å². The molecule has 10 heteroatoms. The van der Waals surface area contributed by atoms with Gasteiger partial charge in [0.05, 0.1) is 4.90 Å². The molecular formula is C11H7F5N4S. The molecule has 0 aliphatic heterocycles. The molecule has 0 aliphatic carbocycles. The summed E-state index contributed by atoms with van der Waals surface area (Å²) in [7, 11) is 0. The fourth-order valence-corrected chi connectivity index (χ4v) is 2.21. The van der Waals surface area contributed by atoms with Gasteiger partial charge in [-0.15, -0.1) is 0 Å². The summed E-state index contributed by atoms with van der Waals surface area (Å²) in [5, 5.41) is -0.227. The minimum Gasteiger partial charge on any atom is -0.308 e. The summed E-state index contributed by atoms with van der Waals surface area (Å²) in [5.74, 6) is 1.80. The molecule has 0 bridgehead atoms. The van der Waals surface area contributed by atoms with Gasteiger partial charge in [-0.1, -0.05) is 11.8 Å². The van der Waals surface area contributed by atoms with Crippen molar-refractivity contribution >= 4 is 17.6 Å². The van der Waals surface area contributed by atoms with Crippen LogP contribution in [0.25, 0.3) is 0 Å². The van der Waals surface area contributed by atoms with Gasteiger partial charge < -0.3 is 5.43 Å². The van der Waals surface area contributed by atoms with Crippen molar-refractivity contribution in [2.24, 2.45) is 5.84 Å². The van der Waals surface area contributed by atoms with Crippen molar-refractivity contribution in [1.82, 2.24) is 9.97 Å². The lowest BCUT2D eigenvalue weighted by atomic mass is 10.3. The highest BCUT2D eigenvalue weighted by atomic mass is 32.2. The van der Waals surface area contributed by atoms with E-state index in [0.717, 1.165) is 24.3 Å². The van der Waals surface area contributed by atoms with Gasteiger partial charge in [0.1, 0.15) is 22.5 Å². The van der Waals surface area contributed by atoms with E-state index in [0.29, 0.717) is 11.8 Å². The number of hydrogen-bond donors (Lipinski definition) is 2. The number of halogens is 5. The fraction of sp³-hybridized carbons (Fsp3) is 0.0909. The minimum absolute atomic E-state index is 0.204. The van der Waals surface area contributed by atoms with Crippen molar-refractivity contribution < 1.29 is 22.0 Å². The van der Waals surface area contributed by atoms with Gasteiger partial charge >= 0.3 is 6.18 Å². The topological polar surface area (TPSA) is 63.8 Å². The van der Waals surface area contributed by atoms with Gasteiger partial charge in [0, 0.05) is 6.07 Å². The quantitative estimate of drug-likeness (QED) is 0.393. The lowest BCUT2D eigenvalue weighted by Gasteiger charge is -2.09. The first-order valence-corrected chi connectivity index (χ1v) is 6.17. The molecule has 1 aromatic heterocycles. The van der Waals surface area contributed by atoms with Gasteiger partial charge in [-0.05, 0) is 18.2 Å². The minimum atomic E-state index is -4.79. The Morgan fingerprint density at radius 2 is 1.81 bits per heavy atom. The van der Waals surface area contributed by atoms with Crippen LogP contribution in [-0.4, -0.2) is 9.97 Å². The lowest BCUT2D eigenvalue weighted by Crippen LogP contribution is -2.16. The van der Waals surface area contributed by atoms with Gasteiger partial charge in [-0.2, -0.15) is 13.2 Å². The van der Waals surface area contributed by atoms with Crippen LogP contribution in [0.15, 0.2) is 34.2 Å². The smallest absolute Gasteiger partial charge is 0.308 e. The van der Waals surface area contributed by atoms with Crippen LogP contribution in [0.5, 0.6) is 0 Å². The maximum absolute atomic E-state index is 13.5. The third-order valence-corrected chi connectivity index (χ3v) is 3.16. The first-order chi connectivity index (χ1) is 9.79. The molecule has 2 aromatic rings. The first-order valence-electron chi connectivity index (χ1n) is 5.35. The highest BCUT2D eigenvalue weighted by molar-refractivity contribution is 7.99. The third-order valence-electron chi connectivity index (χ3n) is 2.21. The van der Waals surface area contributed by atoms with Gasteiger partial charge in [0.15, 0.2) is 0 Å². The molecule has 0 unspecified atom stereocenters. The predicted molar refractivity (Wildman–Crippen MR) is 65.3 cm³/mol. The molecule has 0 aliphatic rings. The lowest BCUT2D eigenvalue weighted by molar-refractivity contribution is -0.145. The molecule has 4 nitrogen and oxygen atoms in total. The fourth-order valence-electron chi connectivity index (χ4n) is 1.35. The number of aromatic nitrogens is 2. The van der Waals surface area contributed by atoms with Crippen LogP contribution in [0.3, 0.4) is 0 Å². The molecule has 0 atom stereocenters. The summed E-state index contributed by atoms with van der Waals surface area (Å²) in [6.07, 6.45) is -4.79. The Morgan fingerprint density at radius 3 is 2.43 bits per heavy atom. The number of benzene rings is 1. The van der Waals surface area contributed by atoms with Crippen LogP contribution in [0.1, 0.15) is 5.82 Å². The average molecular weight is 322 g/mol. The molecule has 3 N–H and O–H groups in total. The molecule has 0 fully saturated rings. The number of nitrogens with zero attached hydrogens (tertiary/aromatic N) is 2. The van der Waals surface area contributed by atoms with Gasteiger partial charge in [0.25, 0.3) is 0 Å². The number of hydrogen-bond acceptors (Lipinski definition) is 5. The number of hydrazine groups is 1. The van der Waals surface area contributed by atoms with E-state index in [4.69, 9.17) is 5.84 Å². The molecule has 1 aromatic carbocycles. The Bertz CT molecular complexity index is 662. The molecule has 1 heterocycles. The van der Waals surface area contributed by atoms with Gasteiger partial charge in [-0.25, -0.2) is 24.6 Å². The van der Waals surface area contributed by atoms with E-state index in [9.17, 15) is 22.0 Å². The Labute approximate surface area is 119 Å². The average Bonchev–Trinajstić information content (AvgIpc) is 2.41. The Morgan fingerprint density at radius 1 is 1.10 bits per heavy atom. The van der Waals surface area contributed by atoms with E-state index in [1.54, 1.807) is 0 Å². The van der Waals surface area contributed by atoms with E-state index >= 15 is 0 Å². The molecular weight excluding hydrogens is 315 g/mol.